The molecule has 204 valence electrons. The largest absolute Gasteiger partial charge is 0.444 e. The number of hydrogen-bond acceptors (Lipinski definition) is 5. The molecule has 0 bridgehead atoms. The van der Waals surface area contributed by atoms with Crippen LogP contribution in [0.1, 0.15) is 91.0 Å². The van der Waals surface area contributed by atoms with Crippen LogP contribution < -0.4 is 10.6 Å². The third-order valence-electron chi connectivity index (χ3n) is 5.74. The highest BCUT2D eigenvalue weighted by Crippen LogP contribution is 2.30. The van der Waals surface area contributed by atoms with Crippen molar-refractivity contribution in [1.29, 1.82) is 0 Å². The molecule has 3 atom stereocenters. The minimum atomic E-state index is -1.26. The summed E-state index contributed by atoms with van der Waals surface area (Å²) in [5, 5.41) is 15.6. The van der Waals surface area contributed by atoms with Crippen molar-refractivity contribution in [1.82, 2.24) is 15.5 Å². The van der Waals surface area contributed by atoms with Gasteiger partial charge in [-0.05, 0) is 85.3 Å². The second-order valence-electron chi connectivity index (χ2n) is 11.4. The van der Waals surface area contributed by atoms with Gasteiger partial charge in [-0.2, -0.15) is 0 Å². The van der Waals surface area contributed by atoms with Crippen LogP contribution in [-0.4, -0.2) is 58.2 Å². The van der Waals surface area contributed by atoms with E-state index in [1.54, 1.807) is 20.8 Å². The van der Waals surface area contributed by atoms with Crippen molar-refractivity contribution >= 4 is 17.9 Å². The maximum Gasteiger partial charge on any atom is 0.408 e. The Balaban J connectivity index is 3.58. The molecule has 0 aromatic heterocycles. The normalized spacial score (nSPS) is 14.2. The van der Waals surface area contributed by atoms with Gasteiger partial charge in [0.05, 0.1) is 6.61 Å². The lowest BCUT2D eigenvalue weighted by atomic mass is 9.93. The van der Waals surface area contributed by atoms with Gasteiger partial charge < -0.3 is 25.4 Å². The molecule has 3 unspecified atom stereocenters. The van der Waals surface area contributed by atoms with E-state index in [1.165, 1.54) is 4.90 Å². The van der Waals surface area contributed by atoms with Crippen molar-refractivity contribution in [3.8, 4) is 0 Å². The Morgan fingerprint density at radius 1 is 1.00 bits per heavy atom. The SMILES string of the molecule is Cc1ccc(C(C(=O)NC(C)C)N(C(=O)C(CO)NC(=O)OC(C)(C)C)C(C)CCC(C)C)c(C)c1. The van der Waals surface area contributed by atoms with E-state index in [-0.39, 0.29) is 18.0 Å². The first kappa shape index (κ1) is 31.4. The molecule has 1 rings (SSSR count). The number of hydrogen-bond donors (Lipinski definition) is 3. The predicted molar refractivity (Wildman–Crippen MR) is 143 cm³/mol. The van der Waals surface area contributed by atoms with Gasteiger partial charge in [-0.25, -0.2) is 4.79 Å². The van der Waals surface area contributed by atoms with Gasteiger partial charge in [-0.15, -0.1) is 0 Å². The maximum atomic E-state index is 14.0. The Morgan fingerprint density at radius 2 is 1.61 bits per heavy atom. The molecule has 8 heteroatoms. The molecule has 0 aliphatic carbocycles. The van der Waals surface area contributed by atoms with Gasteiger partial charge >= 0.3 is 6.09 Å². The van der Waals surface area contributed by atoms with Gasteiger partial charge in [0.25, 0.3) is 0 Å². The Hall–Kier alpha value is -2.61. The Kier molecular flexibility index (Phi) is 11.9. The number of ether oxygens (including phenoxy) is 1. The molecule has 1 aromatic carbocycles. The minimum Gasteiger partial charge on any atom is -0.444 e. The van der Waals surface area contributed by atoms with Crippen LogP contribution in [0, 0.1) is 19.8 Å². The lowest BCUT2D eigenvalue weighted by molar-refractivity contribution is -0.146. The quantitative estimate of drug-likeness (QED) is 0.413. The van der Waals surface area contributed by atoms with Gasteiger partial charge in [-0.3, -0.25) is 9.59 Å². The van der Waals surface area contributed by atoms with E-state index in [2.05, 4.69) is 24.5 Å². The third-order valence-corrected chi connectivity index (χ3v) is 5.74. The van der Waals surface area contributed by atoms with Gasteiger partial charge in [0.1, 0.15) is 17.7 Å². The zero-order valence-corrected chi connectivity index (χ0v) is 23.8. The second-order valence-corrected chi connectivity index (χ2v) is 11.4. The number of alkyl carbamates (subject to hydrolysis) is 1. The number of aliphatic hydroxyl groups excluding tert-OH is 1. The zero-order chi connectivity index (χ0) is 27.8. The van der Waals surface area contributed by atoms with E-state index in [0.29, 0.717) is 17.9 Å². The molecule has 0 saturated heterocycles. The molecule has 0 spiro atoms. The minimum absolute atomic E-state index is 0.137. The van der Waals surface area contributed by atoms with Gasteiger partial charge in [-0.1, -0.05) is 37.6 Å². The van der Waals surface area contributed by atoms with Crippen molar-refractivity contribution in [2.45, 2.75) is 112 Å². The van der Waals surface area contributed by atoms with Crippen LogP contribution in [0.25, 0.3) is 0 Å². The van der Waals surface area contributed by atoms with E-state index in [0.717, 1.165) is 17.5 Å². The van der Waals surface area contributed by atoms with Gasteiger partial charge in [0, 0.05) is 12.1 Å². The summed E-state index contributed by atoms with van der Waals surface area (Å²) in [4.78, 5) is 41.6. The van der Waals surface area contributed by atoms with Crippen molar-refractivity contribution in [3.63, 3.8) is 0 Å². The Morgan fingerprint density at radius 3 is 2.08 bits per heavy atom. The molecule has 8 nitrogen and oxygen atoms in total. The number of carbonyl (C=O) groups excluding carboxylic acids is 3. The molecule has 0 fully saturated rings. The molecule has 0 heterocycles. The highest BCUT2D eigenvalue weighted by atomic mass is 16.6. The lowest BCUT2D eigenvalue weighted by Gasteiger charge is -2.39. The number of rotatable bonds is 11. The number of aliphatic hydroxyl groups is 1. The highest BCUT2D eigenvalue weighted by Gasteiger charge is 2.39. The average Bonchev–Trinajstić information content (AvgIpc) is 2.72. The summed E-state index contributed by atoms with van der Waals surface area (Å²) in [5.74, 6) is -0.443. The molecule has 3 amide bonds. The Labute approximate surface area is 217 Å². The van der Waals surface area contributed by atoms with Crippen molar-refractivity contribution in [3.05, 3.63) is 34.9 Å². The fourth-order valence-electron chi connectivity index (χ4n) is 4.04. The molecule has 0 saturated carbocycles. The standard InChI is InChI=1S/C28H47N3O5/c1-17(2)11-13-21(7)31(26(34)23(16-32)30-27(35)36-28(8,9)10)24(25(33)29-18(3)4)22-14-12-19(5)15-20(22)6/h12,14-15,17-18,21,23-24,32H,11,13,16H2,1-10H3,(H,29,33)(H,30,35). The molecule has 36 heavy (non-hydrogen) atoms. The van der Waals surface area contributed by atoms with E-state index >= 15 is 0 Å². The van der Waals surface area contributed by atoms with Crippen LogP contribution in [0.2, 0.25) is 0 Å². The van der Waals surface area contributed by atoms with Crippen LogP contribution in [0.5, 0.6) is 0 Å². The molecule has 0 aliphatic rings. The number of nitrogens with one attached hydrogen (secondary N) is 2. The summed E-state index contributed by atoms with van der Waals surface area (Å²) in [7, 11) is 0. The van der Waals surface area contributed by atoms with Crippen LogP contribution in [0.3, 0.4) is 0 Å². The monoisotopic (exact) mass is 505 g/mol. The lowest BCUT2D eigenvalue weighted by Crippen LogP contribution is -2.57. The van der Waals surface area contributed by atoms with Crippen molar-refractivity contribution in [2.75, 3.05) is 6.61 Å². The number of nitrogens with zero attached hydrogens (tertiary/aromatic N) is 1. The molecular formula is C28H47N3O5. The first-order valence-electron chi connectivity index (χ1n) is 12.9. The fraction of sp³-hybridized carbons (Fsp3) is 0.679. The fourth-order valence-corrected chi connectivity index (χ4v) is 4.04. The number of amides is 3. The summed E-state index contributed by atoms with van der Waals surface area (Å²) in [6, 6.07) is 3.11. The summed E-state index contributed by atoms with van der Waals surface area (Å²) in [6.45, 7) is 18.3. The number of aryl methyl sites for hydroxylation is 2. The molecule has 0 radical (unpaired) electrons. The molecule has 3 N–H and O–H groups in total. The van der Waals surface area contributed by atoms with Gasteiger partial charge in [0.15, 0.2) is 0 Å². The number of carbonyl (C=O) groups is 3. The number of benzene rings is 1. The van der Waals surface area contributed by atoms with Crippen LogP contribution in [0.4, 0.5) is 4.79 Å². The van der Waals surface area contributed by atoms with Crippen LogP contribution in [-0.2, 0) is 14.3 Å². The van der Waals surface area contributed by atoms with Gasteiger partial charge in [0.2, 0.25) is 11.8 Å². The van der Waals surface area contributed by atoms with Crippen LogP contribution >= 0.6 is 0 Å². The maximum absolute atomic E-state index is 14.0. The van der Waals surface area contributed by atoms with Crippen molar-refractivity contribution in [2.24, 2.45) is 5.92 Å². The first-order valence-corrected chi connectivity index (χ1v) is 12.9. The second kappa shape index (κ2) is 13.6. The predicted octanol–water partition coefficient (Wildman–Crippen LogP) is 4.41. The topological polar surface area (TPSA) is 108 Å². The third kappa shape index (κ3) is 9.80. The molecule has 1 aromatic rings. The summed E-state index contributed by atoms with van der Waals surface area (Å²) in [5.41, 5.74) is 1.87. The average molecular weight is 506 g/mol. The van der Waals surface area contributed by atoms with E-state index < -0.39 is 36.3 Å². The highest BCUT2D eigenvalue weighted by molar-refractivity contribution is 5.92. The van der Waals surface area contributed by atoms with E-state index in [9.17, 15) is 19.5 Å². The summed E-state index contributed by atoms with van der Waals surface area (Å²) < 4.78 is 5.31. The smallest absolute Gasteiger partial charge is 0.408 e. The Bertz CT molecular complexity index is 892. The zero-order valence-electron chi connectivity index (χ0n) is 23.8. The molecule has 0 aliphatic heterocycles. The first-order chi connectivity index (χ1) is 16.6. The van der Waals surface area contributed by atoms with Crippen molar-refractivity contribution < 1.29 is 24.2 Å². The summed E-state index contributed by atoms with van der Waals surface area (Å²) >= 11 is 0. The van der Waals surface area contributed by atoms with E-state index in [4.69, 9.17) is 4.74 Å². The molecular weight excluding hydrogens is 458 g/mol. The van der Waals surface area contributed by atoms with Crippen LogP contribution in [0.15, 0.2) is 18.2 Å². The van der Waals surface area contributed by atoms with E-state index in [1.807, 2.05) is 52.8 Å². The summed E-state index contributed by atoms with van der Waals surface area (Å²) in [6.07, 6.45) is 0.698.